The van der Waals surface area contributed by atoms with Gasteiger partial charge in [-0.05, 0) is 24.7 Å². The summed E-state index contributed by atoms with van der Waals surface area (Å²) in [7, 11) is 0. The van der Waals surface area contributed by atoms with Crippen molar-refractivity contribution in [1.29, 1.82) is 0 Å². The maximum Gasteiger partial charge on any atom is 0.246 e. The van der Waals surface area contributed by atoms with Crippen molar-refractivity contribution in [3.8, 4) is 0 Å². The fourth-order valence-corrected chi connectivity index (χ4v) is 2.66. The summed E-state index contributed by atoms with van der Waals surface area (Å²) in [6, 6.07) is -0.800. The number of amides is 2. The molecule has 1 saturated heterocycles. The zero-order valence-corrected chi connectivity index (χ0v) is 11.5. The van der Waals surface area contributed by atoms with E-state index < -0.39 is 6.04 Å². The number of nitrogens with zero attached hydrogens (tertiary/aromatic N) is 1. The first-order chi connectivity index (χ1) is 8.41. The number of carbonyl (C=O) groups is 2. The molecule has 0 aromatic rings. The van der Waals surface area contributed by atoms with E-state index in [1.807, 2.05) is 13.8 Å². The highest BCUT2D eigenvalue weighted by atomic mass is 35.5. The molecular weight excluding hydrogens is 252 g/mol. The minimum Gasteiger partial charge on any atom is -0.342 e. The van der Waals surface area contributed by atoms with Gasteiger partial charge in [-0.2, -0.15) is 0 Å². The molecule has 1 saturated carbocycles. The van der Waals surface area contributed by atoms with Gasteiger partial charge < -0.3 is 10.2 Å². The number of hydrogen-bond acceptors (Lipinski definition) is 2. The van der Waals surface area contributed by atoms with Crippen molar-refractivity contribution in [3.63, 3.8) is 0 Å². The largest absolute Gasteiger partial charge is 0.342 e. The highest BCUT2D eigenvalue weighted by Gasteiger charge is 2.47. The summed E-state index contributed by atoms with van der Waals surface area (Å²) >= 11 is 5.82. The van der Waals surface area contributed by atoms with Crippen molar-refractivity contribution in [2.24, 2.45) is 11.8 Å². The van der Waals surface area contributed by atoms with Crippen molar-refractivity contribution in [1.82, 2.24) is 10.2 Å². The third-order valence-corrected chi connectivity index (χ3v) is 3.64. The predicted octanol–water partition coefficient (Wildman–Crippen LogP) is 1.50. The SMILES string of the molecule is C=C(Cl)CN1C(=O)C(C2CC2)NC(=O)C1C(C)C. The Balaban J connectivity index is 2.23. The molecule has 0 bridgehead atoms. The van der Waals surface area contributed by atoms with Gasteiger partial charge in [0.2, 0.25) is 11.8 Å². The summed E-state index contributed by atoms with van der Waals surface area (Å²) in [5.74, 6) is 0.280. The summed E-state index contributed by atoms with van der Waals surface area (Å²) in [6.45, 7) is 7.74. The van der Waals surface area contributed by atoms with Gasteiger partial charge in [0.05, 0.1) is 6.54 Å². The van der Waals surface area contributed by atoms with Crippen LogP contribution in [0.2, 0.25) is 0 Å². The molecule has 0 aromatic carbocycles. The summed E-state index contributed by atoms with van der Waals surface area (Å²) in [6.07, 6.45) is 2.03. The van der Waals surface area contributed by atoms with Crippen molar-refractivity contribution in [2.75, 3.05) is 6.54 Å². The van der Waals surface area contributed by atoms with Gasteiger partial charge in [-0.3, -0.25) is 9.59 Å². The van der Waals surface area contributed by atoms with Crippen LogP contribution >= 0.6 is 11.6 Å². The lowest BCUT2D eigenvalue weighted by Crippen LogP contribution is -2.65. The molecule has 2 unspecified atom stereocenters. The van der Waals surface area contributed by atoms with Crippen LogP contribution in [0, 0.1) is 11.8 Å². The van der Waals surface area contributed by atoms with E-state index in [4.69, 9.17) is 11.6 Å². The third kappa shape index (κ3) is 2.53. The first-order valence-electron chi connectivity index (χ1n) is 6.36. The predicted molar refractivity (Wildman–Crippen MR) is 70.0 cm³/mol. The Labute approximate surface area is 112 Å². The third-order valence-electron chi connectivity index (χ3n) is 3.52. The van der Waals surface area contributed by atoms with Gasteiger partial charge >= 0.3 is 0 Å². The van der Waals surface area contributed by atoms with Crippen molar-refractivity contribution in [3.05, 3.63) is 11.6 Å². The first-order valence-corrected chi connectivity index (χ1v) is 6.73. The standard InChI is InChI=1S/C13H19ClN2O2/c1-7(2)11-12(17)15-10(9-4-5-9)13(18)16(11)6-8(3)14/h7,9-11H,3-6H2,1-2H3,(H,15,17). The lowest BCUT2D eigenvalue weighted by Gasteiger charge is -2.40. The number of hydrogen-bond donors (Lipinski definition) is 1. The van der Waals surface area contributed by atoms with Crippen LogP contribution in [-0.2, 0) is 9.59 Å². The maximum atomic E-state index is 12.4. The van der Waals surface area contributed by atoms with Crippen LogP contribution in [0.5, 0.6) is 0 Å². The quantitative estimate of drug-likeness (QED) is 0.842. The molecule has 0 spiro atoms. The summed E-state index contributed by atoms with van der Waals surface area (Å²) in [5, 5.41) is 3.25. The Bertz CT molecular complexity index is 390. The molecule has 1 aliphatic heterocycles. The molecule has 5 heteroatoms. The molecular formula is C13H19ClN2O2. The van der Waals surface area contributed by atoms with Gasteiger partial charge in [-0.25, -0.2) is 0 Å². The van der Waals surface area contributed by atoms with Gasteiger partial charge in [-0.15, -0.1) is 0 Å². The molecule has 0 radical (unpaired) electrons. The molecule has 2 atom stereocenters. The molecule has 0 aromatic heterocycles. The van der Waals surface area contributed by atoms with Crippen LogP contribution in [0.1, 0.15) is 26.7 Å². The Kier molecular flexibility index (Phi) is 3.66. The van der Waals surface area contributed by atoms with Crippen LogP contribution in [-0.4, -0.2) is 35.3 Å². The first kappa shape index (κ1) is 13.4. The van der Waals surface area contributed by atoms with Crippen LogP contribution < -0.4 is 5.32 Å². The van der Waals surface area contributed by atoms with Gasteiger partial charge in [0.25, 0.3) is 0 Å². The second-order valence-corrected chi connectivity index (χ2v) is 6.03. The Morgan fingerprint density at radius 2 is 2.11 bits per heavy atom. The Morgan fingerprint density at radius 1 is 1.50 bits per heavy atom. The zero-order chi connectivity index (χ0) is 13.4. The average molecular weight is 271 g/mol. The minimum absolute atomic E-state index is 0.0161. The van der Waals surface area contributed by atoms with Gasteiger partial charge in [0.15, 0.2) is 0 Å². The molecule has 4 nitrogen and oxygen atoms in total. The second kappa shape index (κ2) is 4.92. The number of piperazine rings is 1. The van der Waals surface area contributed by atoms with Crippen molar-refractivity contribution in [2.45, 2.75) is 38.8 Å². The van der Waals surface area contributed by atoms with E-state index in [1.54, 1.807) is 4.90 Å². The van der Waals surface area contributed by atoms with Crippen molar-refractivity contribution < 1.29 is 9.59 Å². The van der Waals surface area contributed by atoms with E-state index in [0.717, 1.165) is 12.8 Å². The van der Waals surface area contributed by atoms with Crippen LogP contribution in [0.25, 0.3) is 0 Å². The fourth-order valence-electron chi connectivity index (χ4n) is 2.53. The minimum atomic E-state index is -0.442. The summed E-state index contributed by atoms with van der Waals surface area (Å²) < 4.78 is 0. The molecule has 1 heterocycles. The number of carbonyl (C=O) groups excluding carboxylic acids is 2. The number of halogens is 1. The highest BCUT2D eigenvalue weighted by Crippen LogP contribution is 2.35. The maximum absolute atomic E-state index is 12.4. The van der Waals surface area contributed by atoms with E-state index in [2.05, 4.69) is 11.9 Å². The normalized spacial score (nSPS) is 28.6. The molecule has 18 heavy (non-hydrogen) atoms. The van der Waals surface area contributed by atoms with Crippen molar-refractivity contribution >= 4 is 23.4 Å². The molecule has 2 amide bonds. The van der Waals surface area contributed by atoms with E-state index in [9.17, 15) is 9.59 Å². The number of rotatable bonds is 4. The van der Waals surface area contributed by atoms with Crippen LogP contribution in [0.4, 0.5) is 0 Å². The highest BCUT2D eigenvalue weighted by molar-refractivity contribution is 6.29. The molecule has 1 N–H and O–H groups in total. The summed E-state index contributed by atoms with van der Waals surface area (Å²) in [4.78, 5) is 26.1. The second-order valence-electron chi connectivity index (χ2n) is 5.50. The van der Waals surface area contributed by atoms with E-state index in [1.165, 1.54) is 0 Å². The monoisotopic (exact) mass is 270 g/mol. The van der Waals surface area contributed by atoms with Gasteiger partial charge in [-0.1, -0.05) is 32.0 Å². The topological polar surface area (TPSA) is 49.4 Å². The number of nitrogens with one attached hydrogen (secondary N) is 1. The van der Waals surface area contributed by atoms with Gasteiger partial charge in [0.1, 0.15) is 12.1 Å². The lowest BCUT2D eigenvalue weighted by atomic mass is 9.95. The Morgan fingerprint density at radius 3 is 2.56 bits per heavy atom. The fraction of sp³-hybridized carbons (Fsp3) is 0.692. The van der Waals surface area contributed by atoms with E-state index in [0.29, 0.717) is 11.0 Å². The van der Waals surface area contributed by atoms with E-state index >= 15 is 0 Å². The zero-order valence-electron chi connectivity index (χ0n) is 10.8. The molecule has 2 aliphatic rings. The van der Waals surface area contributed by atoms with Crippen LogP contribution in [0.15, 0.2) is 11.6 Å². The molecule has 100 valence electrons. The van der Waals surface area contributed by atoms with Crippen LogP contribution in [0.3, 0.4) is 0 Å². The smallest absolute Gasteiger partial charge is 0.246 e. The van der Waals surface area contributed by atoms with E-state index in [-0.39, 0.29) is 30.3 Å². The molecule has 2 rings (SSSR count). The van der Waals surface area contributed by atoms with Gasteiger partial charge in [0, 0.05) is 5.03 Å². The average Bonchev–Trinajstić information content (AvgIpc) is 3.05. The Hall–Kier alpha value is -1.03. The molecule has 1 aliphatic carbocycles. The molecule has 2 fully saturated rings. The summed E-state index contributed by atoms with van der Waals surface area (Å²) in [5.41, 5.74) is 0. The lowest BCUT2D eigenvalue weighted by molar-refractivity contribution is -0.151.